The molecule has 1 aliphatic heterocycles. The number of nitrogens with one attached hydrogen (secondary N) is 1. The molecule has 1 aliphatic rings. The second-order valence-electron chi connectivity index (χ2n) is 6.82. The maximum absolute atomic E-state index is 13.0. The van der Waals surface area contributed by atoms with Crippen LogP contribution in [0.25, 0.3) is 0 Å². The first-order valence-corrected chi connectivity index (χ1v) is 8.97. The van der Waals surface area contributed by atoms with Crippen LogP contribution in [0.1, 0.15) is 70.7 Å². The van der Waals surface area contributed by atoms with Crippen molar-refractivity contribution in [3.05, 3.63) is 17.5 Å². The molecule has 2 heterocycles. The number of piperidine rings is 1. The zero-order chi connectivity index (χ0) is 17.3. The third-order valence-corrected chi connectivity index (χ3v) is 4.38. The van der Waals surface area contributed by atoms with Crippen molar-refractivity contribution >= 4 is 0 Å². The lowest BCUT2D eigenvalue weighted by Crippen LogP contribution is -2.30. The third kappa shape index (κ3) is 7.91. The average Bonchev–Trinajstić information content (AvgIpc) is 2.97. The second kappa shape index (κ2) is 10.0. The van der Waals surface area contributed by atoms with Gasteiger partial charge in [-0.2, -0.15) is 13.9 Å². The molecule has 0 bridgehead atoms. The lowest BCUT2D eigenvalue weighted by molar-refractivity contribution is 0.0127. The van der Waals surface area contributed by atoms with E-state index >= 15 is 0 Å². The second-order valence-corrected chi connectivity index (χ2v) is 6.82. The highest BCUT2D eigenvalue weighted by atomic mass is 19.3. The summed E-state index contributed by atoms with van der Waals surface area (Å²) in [7, 11) is 2.11. The highest BCUT2D eigenvalue weighted by molar-refractivity contribution is 5.13. The summed E-state index contributed by atoms with van der Waals surface area (Å²) >= 11 is 0. The van der Waals surface area contributed by atoms with E-state index in [1.54, 1.807) is 0 Å². The standard InChI is InChI=1S/C12H19F2N3.C6H14/c1-12(13,14)11-8-10(15-16-11)7-9-3-5-17(2)6-4-9;1-3-5-6-4-2/h8-9H,3-7H2,1-2H3,(H,15,16);3-6H2,1-2H3. The van der Waals surface area contributed by atoms with Crippen LogP contribution in [-0.4, -0.2) is 35.2 Å². The molecule has 2 rings (SSSR count). The van der Waals surface area contributed by atoms with Crippen LogP contribution >= 0.6 is 0 Å². The molecule has 1 saturated heterocycles. The van der Waals surface area contributed by atoms with Gasteiger partial charge in [0.1, 0.15) is 5.69 Å². The van der Waals surface area contributed by atoms with Crippen LogP contribution in [0.15, 0.2) is 6.07 Å². The normalized spacial score (nSPS) is 17.0. The average molecular weight is 329 g/mol. The topological polar surface area (TPSA) is 31.9 Å². The number of rotatable bonds is 6. The van der Waals surface area contributed by atoms with E-state index in [0.29, 0.717) is 5.92 Å². The number of hydrogen-bond donors (Lipinski definition) is 1. The molecule has 1 aromatic heterocycles. The van der Waals surface area contributed by atoms with Crippen molar-refractivity contribution in [2.75, 3.05) is 20.1 Å². The smallest absolute Gasteiger partial charge is 0.288 e. The van der Waals surface area contributed by atoms with Gasteiger partial charge < -0.3 is 4.90 Å². The summed E-state index contributed by atoms with van der Waals surface area (Å²) in [6, 6.07) is 1.50. The number of H-pyrrole nitrogens is 1. The predicted molar refractivity (Wildman–Crippen MR) is 91.9 cm³/mol. The number of unbranched alkanes of at least 4 members (excludes halogenated alkanes) is 3. The van der Waals surface area contributed by atoms with Gasteiger partial charge in [0.25, 0.3) is 5.92 Å². The first-order chi connectivity index (χ1) is 10.9. The van der Waals surface area contributed by atoms with Gasteiger partial charge in [0.2, 0.25) is 0 Å². The Hall–Kier alpha value is -0.970. The van der Waals surface area contributed by atoms with Crippen LogP contribution in [0.2, 0.25) is 0 Å². The summed E-state index contributed by atoms with van der Waals surface area (Å²) in [5.74, 6) is -2.26. The minimum absolute atomic E-state index is 0.152. The number of hydrogen-bond acceptors (Lipinski definition) is 2. The lowest BCUT2D eigenvalue weighted by Gasteiger charge is -2.28. The summed E-state index contributed by atoms with van der Waals surface area (Å²) in [6.07, 6.45) is 8.63. The quantitative estimate of drug-likeness (QED) is 0.745. The zero-order valence-corrected chi connectivity index (χ0v) is 15.2. The first kappa shape index (κ1) is 20.1. The fourth-order valence-corrected chi connectivity index (χ4v) is 2.77. The van der Waals surface area contributed by atoms with E-state index in [1.807, 2.05) is 0 Å². The summed E-state index contributed by atoms with van der Waals surface area (Å²) in [6.45, 7) is 7.53. The van der Waals surface area contributed by atoms with Crippen molar-refractivity contribution in [3.8, 4) is 0 Å². The van der Waals surface area contributed by atoms with E-state index < -0.39 is 5.92 Å². The molecule has 3 nitrogen and oxygen atoms in total. The highest BCUT2D eigenvalue weighted by Crippen LogP contribution is 2.27. The molecular formula is C18H33F2N3. The van der Waals surface area contributed by atoms with Crippen molar-refractivity contribution in [3.63, 3.8) is 0 Å². The molecule has 134 valence electrons. The Kier molecular flexibility index (Phi) is 8.74. The minimum Gasteiger partial charge on any atom is -0.306 e. The SMILES string of the molecule is CCCCCC.CN1CCC(Cc2cc(C(C)(F)F)n[nH]2)CC1. The van der Waals surface area contributed by atoms with Crippen molar-refractivity contribution in [2.45, 2.75) is 71.6 Å². The molecule has 1 fully saturated rings. The highest BCUT2D eigenvalue weighted by Gasteiger charge is 2.28. The molecule has 1 aromatic rings. The third-order valence-electron chi connectivity index (χ3n) is 4.38. The molecule has 0 saturated carbocycles. The maximum atomic E-state index is 13.0. The van der Waals surface area contributed by atoms with Gasteiger partial charge in [0, 0.05) is 12.6 Å². The van der Waals surface area contributed by atoms with Gasteiger partial charge in [-0.3, -0.25) is 5.10 Å². The van der Waals surface area contributed by atoms with Crippen LogP contribution in [0, 0.1) is 5.92 Å². The van der Waals surface area contributed by atoms with Gasteiger partial charge >= 0.3 is 0 Å². The number of likely N-dealkylation sites (tertiary alicyclic amines) is 1. The van der Waals surface area contributed by atoms with Crippen LogP contribution in [0.4, 0.5) is 8.78 Å². The van der Waals surface area contributed by atoms with Crippen LogP contribution in [0.5, 0.6) is 0 Å². The Labute approximate surface area is 139 Å². The fraction of sp³-hybridized carbons (Fsp3) is 0.833. The molecule has 0 unspecified atom stereocenters. The lowest BCUT2D eigenvalue weighted by atomic mass is 9.92. The van der Waals surface area contributed by atoms with Crippen LogP contribution in [-0.2, 0) is 12.3 Å². The van der Waals surface area contributed by atoms with Gasteiger partial charge in [0.05, 0.1) is 0 Å². The van der Waals surface area contributed by atoms with E-state index in [4.69, 9.17) is 0 Å². The molecule has 5 heteroatoms. The summed E-state index contributed by atoms with van der Waals surface area (Å²) < 4.78 is 26.0. The van der Waals surface area contributed by atoms with Crippen molar-refractivity contribution in [1.82, 2.24) is 15.1 Å². The largest absolute Gasteiger partial charge is 0.306 e. The Morgan fingerprint density at radius 1 is 1.22 bits per heavy atom. The molecule has 1 N–H and O–H groups in total. The van der Waals surface area contributed by atoms with E-state index in [9.17, 15) is 8.78 Å². The summed E-state index contributed by atoms with van der Waals surface area (Å²) in [5, 5.41) is 6.41. The Morgan fingerprint density at radius 2 is 1.78 bits per heavy atom. The first-order valence-electron chi connectivity index (χ1n) is 8.97. The number of alkyl halides is 2. The van der Waals surface area contributed by atoms with Gasteiger partial charge in [-0.1, -0.05) is 39.5 Å². The number of nitrogens with zero attached hydrogens (tertiary/aromatic N) is 2. The van der Waals surface area contributed by atoms with E-state index in [1.165, 1.54) is 31.7 Å². The van der Waals surface area contributed by atoms with E-state index in [0.717, 1.165) is 45.0 Å². The van der Waals surface area contributed by atoms with Crippen molar-refractivity contribution < 1.29 is 8.78 Å². The fourth-order valence-electron chi connectivity index (χ4n) is 2.77. The number of halogens is 2. The monoisotopic (exact) mass is 329 g/mol. The molecular weight excluding hydrogens is 296 g/mol. The zero-order valence-electron chi connectivity index (χ0n) is 15.2. The van der Waals surface area contributed by atoms with Gasteiger partial charge in [-0.25, -0.2) is 0 Å². The molecule has 0 aromatic carbocycles. The predicted octanol–water partition coefficient (Wildman–Crippen LogP) is 4.99. The maximum Gasteiger partial charge on any atom is 0.288 e. The Morgan fingerprint density at radius 3 is 2.22 bits per heavy atom. The van der Waals surface area contributed by atoms with Crippen molar-refractivity contribution in [1.29, 1.82) is 0 Å². The van der Waals surface area contributed by atoms with Gasteiger partial charge in [-0.15, -0.1) is 0 Å². The van der Waals surface area contributed by atoms with E-state index in [-0.39, 0.29) is 5.69 Å². The summed E-state index contributed by atoms with van der Waals surface area (Å²) in [5.41, 5.74) is 0.677. The molecule has 0 spiro atoms. The minimum atomic E-state index is -2.85. The Bertz CT molecular complexity index is 414. The van der Waals surface area contributed by atoms with Crippen LogP contribution in [0.3, 0.4) is 0 Å². The van der Waals surface area contributed by atoms with Crippen molar-refractivity contribution in [2.24, 2.45) is 5.92 Å². The number of aromatic nitrogens is 2. The number of aromatic amines is 1. The molecule has 0 radical (unpaired) electrons. The molecule has 23 heavy (non-hydrogen) atoms. The molecule has 0 amide bonds. The van der Waals surface area contributed by atoms with E-state index in [2.05, 4.69) is 36.0 Å². The Balaban J connectivity index is 0.000000379. The van der Waals surface area contributed by atoms with Gasteiger partial charge in [0.15, 0.2) is 0 Å². The summed E-state index contributed by atoms with van der Waals surface area (Å²) in [4.78, 5) is 2.30. The molecule has 0 aliphatic carbocycles. The van der Waals surface area contributed by atoms with Crippen LogP contribution < -0.4 is 0 Å². The van der Waals surface area contributed by atoms with Gasteiger partial charge in [-0.05, 0) is 51.4 Å². The molecule has 0 atom stereocenters.